The first kappa shape index (κ1) is 29.9. The van der Waals surface area contributed by atoms with E-state index in [1.807, 2.05) is 12.1 Å². The number of fused-ring (bicyclic) bond motifs is 8. The Bertz CT molecular complexity index is 2600. The van der Waals surface area contributed by atoms with Crippen molar-refractivity contribution in [2.24, 2.45) is 0 Å². The number of hydrogen-bond donors (Lipinski definition) is 2. The van der Waals surface area contributed by atoms with E-state index >= 15 is 0 Å². The second-order valence-electron chi connectivity index (χ2n) is 13.2. The van der Waals surface area contributed by atoms with Gasteiger partial charge in [-0.2, -0.15) is 0 Å². The van der Waals surface area contributed by atoms with E-state index in [0.717, 1.165) is 56.2 Å². The predicted octanol–water partition coefficient (Wildman–Crippen LogP) is 11.7. The highest BCUT2D eigenvalue weighted by atomic mass is 15.1. The molecule has 9 aromatic rings. The number of hydrogen-bond acceptors (Lipinski definition) is 4. The van der Waals surface area contributed by atoms with Gasteiger partial charge in [-0.15, -0.1) is 0 Å². The summed E-state index contributed by atoms with van der Waals surface area (Å²) in [6, 6.07) is 62.3. The summed E-state index contributed by atoms with van der Waals surface area (Å²) < 4.78 is 2.38. The van der Waals surface area contributed by atoms with Crippen molar-refractivity contribution in [2.45, 2.75) is 0 Å². The van der Waals surface area contributed by atoms with Gasteiger partial charge >= 0.3 is 0 Å². The summed E-state index contributed by atoms with van der Waals surface area (Å²) >= 11 is 0. The molecule has 3 heterocycles. The summed E-state index contributed by atoms with van der Waals surface area (Å²) in [7, 11) is 0. The van der Waals surface area contributed by atoms with Gasteiger partial charge in [-0.25, -0.2) is 9.97 Å². The van der Waals surface area contributed by atoms with E-state index in [-0.39, 0.29) is 0 Å². The van der Waals surface area contributed by atoms with Gasteiger partial charge in [0.15, 0.2) is 5.82 Å². The number of rotatable bonds is 4. The van der Waals surface area contributed by atoms with Crippen LogP contribution in [0.1, 0.15) is 0 Å². The number of anilines is 2. The Morgan fingerprint density at radius 2 is 0.885 bits per heavy atom. The molecule has 0 unspecified atom stereocenters. The molecule has 10 rings (SSSR count). The van der Waals surface area contributed by atoms with Gasteiger partial charge < -0.3 is 15.2 Å². The molecule has 0 amide bonds. The predicted molar refractivity (Wildman–Crippen MR) is 216 cm³/mol. The third-order valence-corrected chi connectivity index (χ3v) is 9.99. The fraction of sp³-hybridized carbons (Fsp3) is 0.0213. The van der Waals surface area contributed by atoms with Gasteiger partial charge in [0.05, 0.1) is 34.8 Å². The highest BCUT2D eigenvalue weighted by Crippen LogP contribution is 2.40. The second kappa shape index (κ2) is 12.4. The minimum atomic E-state index is 0.625. The molecule has 7 aromatic carbocycles. The molecule has 0 aliphatic carbocycles. The molecule has 5 nitrogen and oxygen atoms in total. The molecule has 0 saturated heterocycles. The minimum absolute atomic E-state index is 0.625. The van der Waals surface area contributed by atoms with Crippen molar-refractivity contribution >= 4 is 33.2 Å². The fourth-order valence-electron chi connectivity index (χ4n) is 7.45. The first-order chi connectivity index (χ1) is 25.7. The molecule has 1 aliphatic rings. The maximum atomic E-state index is 5.23. The van der Waals surface area contributed by atoms with Crippen molar-refractivity contribution in [3.05, 3.63) is 176 Å². The maximum absolute atomic E-state index is 5.23. The molecule has 0 spiro atoms. The van der Waals surface area contributed by atoms with Gasteiger partial charge in [0.1, 0.15) is 0 Å². The maximum Gasteiger partial charge on any atom is 0.162 e. The summed E-state index contributed by atoms with van der Waals surface area (Å²) in [5, 5.41) is 9.47. The van der Waals surface area contributed by atoms with Gasteiger partial charge in [-0.3, -0.25) is 0 Å². The van der Waals surface area contributed by atoms with E-state index in [0.29, 0.717) is 12.5 Å². The average Bonchev–Trinajstić information content (AvgIpc) is 3.54. The van der Waals surface area contributed by atoms with E-state index in [9.17, 15) is 0 Å². The van der Waals surface area contributed by atoms with Crippen LogP contribution >= 0.6 is 0 Å². The van der Waals surface area contributed by atoms with Gasteiger partial charge in [-0.1, -0.05) is 109 Å². The highest BCUT2D eigenvalue weighted by molar-refractivity contribution is 6.12. The lowest BCUT2D eigenvalue weighted by Crippen LogP contribution is -2.11. The molecule has 2 N–H and O–H groups in total. The topological polar surface area (TPSA) is 54.8 Å². The van der Waals surface area contributed by atoms with Crippen LogP contribution in [0.4, 0.5) is 11.4 Å². The van der Waals surface area contributed by atoms with Crippen molar-refractivity contribution in [2.75, 3.05) is 17.3 Å². The molecule has 8 bridgehead atoms. The van der Waals surface area contributed by atoms with Crippen LogP contribution in [0.5, 0.6) is 0 Å². The number of benzene rings is 7. The standard InChI is InChI=1S/C47H33N5/c1-3-11-31(12-4-1)42-29-43(32-13-5-2-6-14-32)51-47(50-42)39-19-7-8-20-44(39)52-45-23-21-35-27-40(45)41-28-36(22-24-46(41)52)34-16-10-18-38(26-34)49-30-48-37-17-9-15-33(35)25-37/h1-29,48-49H,30H2. The third kappa shape index (κ3) is 5.27. The lowest BCUT2D eigenvalue weighted by Gasteiger charge is -2.15. The lowest BCUT2D eigenvalue weighted by molar-refractivity contribution is 1.14. The van der Waals surface area contributed by atoms with E-state index in [1.54, 1.807) is 0 Å². The van der Waals surface area contributed by atoms with Gasteiger partial charge in [0, 0.05) is 38.8 Å². The van der Waals surface area contributed by atoms with Crippen LogP contribution in [0.15, 0.2) is 176 Å². The van der Waals surface area contributed by atoms with E-state index in [1.165, 1.54) is 33.0 Å². The molecule has 0 saturated carbocycles. The Morgan fingerprint density at radius 1 is 0.404 bits per heavy atom. The Morgan fingerprint density at radius 3 is 1.44 bits per heavy atom. The van der Waals surface area contributed by atoms with Gasteiger partial charge in [0.2, 0.25) is 0 Å². The van der Waals surface area contributed by atoms with E-state index in [2.05, 4.69) is 179 Å². The fourth-order valence-corrected chi connectivity index (χ4v) is 7.45. The molecule has 0 radical (unpaired) electrons. The summed E-state index contributed by atoms with van der Waals surface area (Å²) in [6.07, 6.45) is 0. The van der Waals surface area contributed by atoms with E-state index in [4.69, 9.17) is 9.97 Å². The number of nitrogens with one attached hydrogen (secondary N) is 2. The molecule has 5 heteroatoms. The van der Waals surface area contributed by atoms with E-state index < -0.39 is 0 Å². The second-order valence-corrected chi connectivity index (χ2v) is 13.2. The molecule has 0 fully saturated rings. The molecular weight excluding hydrogens is 635 g/mol. The zero-order valence-electron chi connectivity index (χ0n) is 28.3. The lowest BCUT2D eigenvalue weighted by atomic mass is 10.00. The highest BCUT2D eigenvalue weighted by Gasteiger charge is 2.20. The van der Waals surface area contributed by atoms with Gasteiger partial charge in [-0.05, 0) is 89.0 Å². The third-order valence-electron chi connectivity index (χ3n) is 9.99. The summed E-state index contributed by atoms with van der Waals surface area (Å²) in [5.74, 6) is 0.683. The molecule has 1 aliphatic heterocycles. The zero-order chi connectivity index (χ0) is 34.4. The van der Waals surface area contributed by atoms with Crippen LogP contribution in [-0.4, -0.2) is 21.2 Å². The largest absolute Gasteiger partial charge is 0.368 e. The number of para-hydroxylation sites is 1. The Kier molecular flexibility index (Phi) is 7.14. The van der Waals surface area contributed by atoms with Crippen LogP contribution in [0.2, 0.25) is 0 Å². The van der Waals surface area contributed by atoms with Crippen LogP contribution in [-0.2, 0) is 0 Å². The minimum Gasteiger partial charge on any atom is -0.368 e. The van der Waals surface area contributed by atoms with Crippen molar-refractivity contribution in [1.82, 2.24) is 14.5 Å². The Balaban J connectivity index is 1.23. The summed E-state index contributed by atoms with van der Waals surface area (Å²) in [4.78, 5) is 10.5. The van der Waals surface area contributed by atoms with Crippen molar-refractivity contribution < 1.29 is 0 Å². The van der Waals surface area contributed by atoms with Gasteiger partial charge in [0.25, 0.3) is 0 Å². The Hall–Kier alpha value is -6.98. The molecule has 2 aromatic heterocycles. The number of aromatic nitrogens is 3. The van der Waals surface area contributed by atoms with Crippen LogP contribution in [0.25, 0.3) is 83.6 Å². The zero-order valence-corrected chi connectivity index (χ0v) is 28.3. The molecular formula is C47H33N5. The Labute approximate surface area is 301 Å². The smallest absolute Gasteiger partial charge is 0.162 e. The SMILES string of the molecule is c1ccc(-c2cc(-c3ccccc3)nc(-c3ccccc3-n3c4ccc5cc4c4cc(ccc43)-c3cccc(c3)NCNc3cccc-5c3)n2)cc1. The normalized spacial score (nSPS) is 12.1. The number of nitrogens with zero attached hydrogens (tertiary/aromatic N) is 3. The summed E-state index contributed by atoms with van der Waals surface area (Å²) in [5.41, 5.74) is 14.9. The average molecular weight is 668 g/mol. The molecule has 52 heavy (non-hydrogen) atoms. The van der Waals surface area contributed by atoms with Crippen molar-refractivity contribution in [3.8, 4) is 61.8 Å². The first-order valence-corrected chi connectivity index (χ1v) is 17.6. The first-order valence-electron chi connectivity index (χ1n) is 17.6. The summed E-state index contributed by atoms with van der Waals surface area (Å²) in [6.45, 7) is 0.625. The molecule has 0 atom stereocenters. The van der Waals surface area contributed by atoms with Crippen LogP contribution < -0.4 is 10.6 Å². The van der Waals surface area contributed by atoms with Crippen LogP contribution in [0, 0.1) is 0 Å². The van der Waals surface area contributed by atoms with Crippen molar-refractivity contribution in [3.63, 3.8) is 0 Å². The van der Waals surface area contributed by atoms with Crippen molar-refractivity contribution in [1.29, 1.82) is 0 Å². The monoisotopic (exact) mass is 667 g/mol. The molecule has 246 valence electrons. The quantitative estimate of drug-likeness (QED) is 0.196. The van der Waals surface area contributed by atoms with Crippen LogP contribution in [0.3, 0.4) is 0 Å².